The Kier molecular flexibility index (Phi) is 4.00. The number of nitrogens with zero attached hydrogens (tertiary/aromatic N) is 6. The van der Waals surface area contributed by atoms with Gasteiger partial charge in [0.1, 0.15) is 6.33 Å². The van der Waals surface area contributed by atoms with Crippen LogP contribution in [0.15, 0.2) is 36.9 Å². The number of piperazine rings is 1. The van der Waals surface area contributed by atoms with E-state index in [2.05, 4.69) is 34.3 Å². The lowest BCUT2D eigenvalue weighted by Crippen LogP contribution is -2.47. The quantitative estimate of drug-likeness (QED) is 0.675. The van der Waals surface area contributed by atoms with Crippen LogP contribution in [0.1, 0.15) is 5.56 Å². The minimum Gasteiger partial charge on any atom is -0.395 e. The Bertz CT molecular complexity index is 1000. The van der Waals surface area contributed by atoms with Crippen molar-refractivity contribution in [3.63, 3.8) is 0 Å². The van der Waals surface area contributed by atoms with E-state index in [1.165, 1.54) is 12.4 Å². The molecule has 8 nitrogen and oxygen atoms in total. The normalized spacial score (nSPS) is 18.7. The molecule has 3 aromatic rings. The molecular weight excluding hydrogens is 370 g/mol. The third kappa shape index (κ3) is 3.19. The molecule has 0 unspecified atom stereocenters. The highest BCUT2D eigenvalue weighted by atomic mass is 19.3. The van der Waals surface area contributed by atoms with Crippen molar-refractivity contribution in [2.24, 2.45) is 0 Å². The maximum absolute atomic E-state index is 13.1. The van der Waals surface area contributed by atoms with Gasteiger partial charge in [-0.25, -0.2) is 4.98 Å². The van der Waals surface area contributed by atoms with E-state index in [4.69, 9.17) is 0 Å². The highest BCUT2D eigenvalue weighted by molar-refractivity contribution is 5.47. The Hall–Kier alpha value is -3.01. The summed E-state index contributed by atoms with van der Waals surface area (Å²) in [5.41, 5.74) is 1.67. The zero-order valence-electron chi connectivity index (χ0n) is 15.0. The van der Waals surface area contributed by atoms with E-state index >= 15 is 0 Å². The summed E-state index contributed by atoms with van der Waals surface area (Å²) >= 11 is 0. The van der Waals surface area contributed by atoms with Gasteiger partial charge < -0.3 is 14.4 Å². The van der Waals surface area contributed by atoms with E-state index in [9.17, 15) is 8.78 Å². The number of rotatable bonds is 4. The number of hydrogen-bond acceptors (Lipinski definition) is 7. The Balaban J connectivity index is 1.18. The van der Waals surface area contributed by atoms with Gasteiger partial charge in [0.15, 0.2) is 23.0 Å². The maximum Gasteiger partial charge on any atom is 0.586 e. The topological polar surface area (TPSA) is 68.0 Å². The fourth-order valence-corrected chi connectivity index (χ4v) is 3.59. The van der Waals surface area contributed by atoms with Crippen LogP contribution in [0.2, 0.25) is 0 Å². The molecule has 0 amide bonds. The van der Waals surface area contributed by atoms with Gasteiger partial charge >= 0.3 is 6.29 Å². The molecule has 5 rings (SSSR count). The third-order valence-corrected chi connectivity index (χ3v) is 5.05. The molecule has 1 aromatic carbocycles. The van der Waals surface area contributed by atoms with Crippen LogP contribution in [0.4, 0.5) is 14.6 Å². The summed E-state index contributed by atoms with van der Waals surface area (Å²) in [6.45, 7) is 4.35. The van der Waals surface area contributed by atoms with E-state index < -0.39 is 6.29 Å². The minimum atomic E-state index is -3.57. The molecule has 0 atom stereocenters. The Morgan fingerprint density at radius 2 is 1.86 bits per heavy atom. The van der Waals surface area contributed by atoms with Crippen molar-refractivity contribution in [2.45, 2.75) is 12.7 Å². The molecule has 1 saturated heterocycles. The van der Waals surface area contributed by atoms with Crippen LogP contribution in [0.5, 0.6) is 11.5 Å². The van der Waals surface area contributed by atoms with Crippen LogP contribution in [0.3, 0.4) is 0 Å². The highest BCUT2D eigenvalue weighted by Crippen LogP contribution is 2.41. The van der Waals surface area contributed by atoms with E-state index in [-0.39, 0.29) is 11.5 Å². The van der Waals surface area contributed by atoms with Gasteiger partial charge in [-0.15, -0.1) is 8.78 Å². The van der Waals surface area contributed by atoms with E-state index in [1.54, 1.807) is 29.0 Å². The second-order valence-corrected chi connectivity index (χ2v) is 6.82. The van der Waals surface area contributed by atoms with Crippen molar-refractivity contribution in [1.29, 1.82) is 0 Å². The second kappa shape index (κ2) is 6.55. The fourth-order valence-electron chi connectivity index (χ4n) is 3.59. The maximum atomic E-state index is 13.1. The lowest BCUT2D eigenvalue weighted by Gasteiger charge is -2.35. The number of ether oxygens (including phenoxy) is 2. The largest absolute Gasteiger partial charge is 0.586 e. The van der Waals surface area contributed by atoms with Crippen molar-refractivity contribution in [3.8, 4) is 11.5 Å². The van der Waals surface area contributed by atoms with Crippen LogP contribution >= 0.6 is 0 Å². The van der Waals surface area contributed by atoms with Crippen molar-refractivity contribution < 1.29 is 18.3 Å². The van der Waals surface area contributed by atoms with Crippen LogP contribution in [-0.4, -0.2) is 63.5 Å². The van der Waals surface area contributed by atoms with Crippen LogP contribution in [-0.2, 0) is 6.42 Å². The van der Waals surface area contributed by atoms with Gasteiger partial charge in [0, 0.05) is 32.7 Å². The molecule has 0 radical (unpaired) electrons. The lowest BCUT2D eigenvalue weighted by molar-refractivity contribution is -0.286. The first kappa shape index (κ1) is 17.1. The predicted molar refractivity (Wildman–Crippen MR) is 95.8 cm³/mol. The molecule has 0 saturated carbocycles. The molecule has 1 fully saturated rings. The summed E-state index contributed by atoms with van der Waals surface area (Å²) in [7, 11) is 0. The van der Waals surface area contributed by atoms with E-state index in [0.29, 0.717) is 0 Å². The number of aromatic nitrogens is 4. The molecule has 0 N–H and O–H groups in total. The standard InChI is InChI=1S/C18H18F2N6O2/c19-18(20)27-14-2-1-13(9-15(14)28-18)3-4-24-5-7-25(8-6-24)17-11-21-10-16-22-12-23-26(16)17/h1-2,9-12H,3-8H2. The number of halogens is 2. The number of fused-ring (bicyclic) bond motifs is 2. The van der Waals surface area contributed by atoms with Gasteiger partial charge in [-0.3, -0.25) is 9.88 Å². The minimum absolute atomic E-state index is 0.0817. The van der Waals surface area contributed by atoms with Crippen molar-refractivity contribution in [2.75, 3.05) is 37.6 Å². The zero-order valence-corrected chi connectivity index (χ0v) is 15.0. The number of hydrogen-bond donors (Lipinski definition) is 0. The first-order chi connectivity index (χ1) is 13.6. The van der Waals surface area contributed by atoms with Gasteiger partial charge in [0.25, 0.3) is 0 Å². The SMILES string of the molecule is FC1(F)Oc2ccc(CCN3CCN(c4cncc5ncnn45)CC3)cc2O1. The van der Waals surface area contributed by atoms with Crippen LogP contribution < -0.4 is 14.4 Å². The second-order valence-electron chi connectivity index (χ2n) is 6.82. The van der Waals surface area contributed by atoms with E-state index in [1.807, 2.05) is 0 Å². The number of benzene rings is 1. The Morgan fingerprint density at radius 3 is 2.71 bits per heavy atom. The van der Waals surface area contributed by atoms with Gasteiger partial charge in [-0.05, 0) is 24.1 Å². The van der Waals surface area contributed by atoms with Gasteiger partial charge in [-0.2, -0.15) is 9.61 Å². The Morgan fingerprint density at radius 1 is 1.04 bits per heavy atom. The first-order valence-electron chi connectivity index (χ1n) is 9.07. The lowest BCUT2D eigenvalue weighted by atomic mass is 10.1. The average Bonchev–Trinajstić information content (AvgIpc) is 3.28. The Labute approximate surface area is 159 Å². The fraction of sp³-hybridized carbons (Fsp3) is 0.389. The van der Waals surface area contributed by atoms with Crippen LogP contribution in [0.25, 0.3) is 5.65 Å². The monoisotopic (exact) mass is 388 g/mol. The molecule has 2 aliphatic heterocycles. The number of alkyl halides is 2. The van der Waals surface area contributed by atoms with Gasteiger partial charge in [0.2, 0.25) is 0 Å². The molecule has 4 heterocycles. The molecule has 0 spiro atoms. The molecule has 146 valence electrons. The van der Waals surface area contributed by atoms with Gasteiger partial charge in [0.05, 0.1) is 12.4 Å². The molecule has 0 bridgehead atoms. The summed E-state index contributed by atoms with van der Waals surface area (Å²) < 4.78 is 37.0. The van der Waals surface area contributed by atoms with Gasteiger partial charge in [-0.1, -0.05) is 6.07 Å². The first-order valence-corrected chi connectivity index (χ1v) is 9.07. The molecular formula is C18H18F2N6O2. The molecule has 0 aliphatic carbocycles. The highest BCUT2D eigenvalue weighted by Gasteiger charge is 2.43. The summed E-state index contributed by atoms with van der Waals surface area (Å²) in [6, 6.07) is 4.97. The predicted octanol–water partition coefficient (Wildman–Crippen LogP) is 1.81. The summed E-state index contributed by atoms with van der Waals surface area (Å²) in [6.07, 6.45) is 2.20. The zero-order chi connectivity index (χ0) is 19.1. The van der Waals surface area contributed by atoms with Crippen molar-refractivity contribution in [1.82, 2.24) is 24.5 Å². The average molecular weight is 388 g/mol. The summed E-state index contributed by atoms with van der Waals surface area (Å²) in [5.74, 6) is 1.12. The summed E-state index contributed by atoms with van der Waals surface area (Å²) in [4.78, 5) is 13.0. The molecule has 2 aromatic heterocycles. The molecule has 2 aliphatic rings. The smallest absolute Gasteiger partial charge is 0.395 e. The van der Waals surface area contributed by atoms with Crippen LogP contribution in [0, 0.1) is 0 Å². The van der Waals surface area contributed by atoms with Crippen molar-refractivity contribution >= 4 is 11.5 Å². The summed E-state index contributed by atoms with van der Waals surface area (Å²) in [5, 5.41) is 4.26. The molecule has 10 heteroatoms. The van der Waals surface area contributed by atoms with Crippen molar-refractivity contribution in [3.05, 3.63) is 42.5 Å². The number of anilines is 1. The molecule has 28 heavy (non-hydrogen) atoms. The third-order valence-electron chi connectivity index (χ3n) is 5.05. The van der Waals surface area contributed by atoms with E-state index in [0.717, 1.165) is 56.2 Å².